The van der Waals surface area contributed by atoms with Crippen LogP contribution < -0.4 is 5.32 Å². The molecule has 1 rings (SSSR count). The number of nitrogens with one attached hydrogen (secondary N) is 1. The molecule has 0 saturated heterocycles. The van der Waals surface area contributed by atoms with Gasteiger partial charge in [-0.1, -0.05) is 0 Å². The number of ketones is 1. The molecule has 1 N–H and O–H groups in total. The number of carbonyl (C=O) groups is 2. The minimum absolute atomic E-state index is 0.0958. The SMILES string of the molecule is Cc1ncccc1C(=O)CNC(=O)OC(C)(C)C. The lowest BCUT2D eigenvalue weighted by Gasteiger charge is -2.19. The zero-order chi connectivity index (χ0) is 13.8. The van der Waals surface area contributed by atoms with Crippen molar-refractivity contribution in [2.45, 2.75) is 33.3 Å². The molecule has 0 aliphatic rings. The third kappa shape index (κ3) is 4.53. The van der Waals surface area contributed by atoms with Crippen molar-refractivity contribution >= 4 is 11.9 Å². The summed E-state index contributed by atoms with van der Waals surface area (Å²) in [5.41, 5.74) is 0.583. The highest BCUT2D eigenvalue weighted by Gasteiger charge is 2.17. The molecule has 18 heavy (non-hydrogen) atoms. The number of aryl methyl sites for hydroxylation is 1. The normalized spacial score (nSPS) is 10.9. The minimum atomic E-state index is -0.600. The van der Waals surface area contributed by atoms with Gasteiger partial charge >= 0.3 is 6.09 Å². The van der Waals surface area contributed by atoms with Gasteiger partial charge in [0.05, 0.1) is 6.54 Å². The number of carbonyl (C=O) groups excluding carboxylic acids is 2. The number of Topliss-reactive ketones (excluding diaryl/α,β-unsaturated/α-hetero) is 1. The number of pyridine rings is 1. The molecule has 0 aliphatic heterocycles. The zero-order valence-electron chi connectivity index (χ0n) is 11.1. The maximum absolute atomic E-state index is 11.8. The van der Waals surface area contributed by atoms with E-state index >= 15 is 0 Å². The average molecular weight is 250 g/mol. The fourth-order valence-electron chi connectivity index (χ4n) is 1.34. The molecule has 0 unspecified atom stereocenters. The molecule has 1 heterocycles. The first kappa shape index (κ1) is 14.2. The van der Waals surface area contributed by atoms with E-state index in [1.165, 1.54) is 0 Å². The van der Waals surface area contributed by atoms with Crippen LogP contribution in [0.4, 0.5) is 4.79 Å². The van der Waals surface area contributed by atoms with Crippen LogP contribution in [-0.2, 0) is 4.74 Å². The van der Waals surface area contributed by atoms with E-state index in [-0.39, 0.29) is 12.3 Å². The molecule has 0 saturated carbocycles. The van der Waals surface area contributed by atoms with Crippen molar-refractivity contribution in [1.82, 2.24) is 10.3 Å². The van der Waals surface area contributed by atoms with E-state index in [1.54, 1.807) is 46.0 Å². The summed E-state index contributed by atoms with van der Waals surface area (Å²) in [6, 6.07) is 3.37. The number of aromatic nitrogens is 1. The highest BCUT2D eigenvalue weighted by atomic mass is 16.6. The van der Waals surface area contributed by atoms with Crippen LogP contribution in [0.25, 0.3) is 0 Å². The molecule has 0 fully saturated rings. The Morgan fingerprint density at radius 2 is 2.06 bits per heavy atom. The van der Waals surface area contributed by atoms with E-state index in [0.29, 0.717) is 11.3 Å². The molecular formula is C13H18N2O3. The Kier molecular flexibility index (Phi) is 4.42. The maximum atomic E-state index is 11.8. The highest BCUT2D eigenvalue weighted by Crippen LogP contribution is 2.07. The van der Waals surface area contributed by atoms with Gasteiger partial charge in [-0.25, -0.2) is 4.79 Å². The van der Waals surface area contributed by atoms with Gasteiger partial charge in [0.15, 0.2) is 5.78 Å². The van der Waals surface area contributed by atoms with Crippen LogP contribution in [0, 0.1) is 6.92 Å². The Morgan fingerprint density at radius 3 is 2.61 bits per heavy atom. The van der Waals surface area contributed by atoms with Gasteiger partial charge in [-0.3, -0.25) is 9.78 Å². The summed E-state index contributed by atoms with van der Waals surface area (Å²) in [7, 11) is 0. The van der Waals surface area contributed by atoms with Gasteiger partial charge in [-0.15, -0.1) is 0 Å². The van der Waals surface area contributed by atoms with E-state index in [0.717, 1.165) is 0 Å². The number of hydrogen-bond donors (Lipinski definition) is 1. The minimum Gasteiger partial charge on any atom is -0.444 e. The Labute approximate surface area is 107 Å². The van der Waals surface area contributed by atoms with Gasteiger partial charge in [-0.2, -0.15) is 0 Å². The van der Waals surface area contributed by atoms with Gasteiger partial charge in [0.1, 0.15) is 5.60 Å². The van der Waals surface area contributed by atoms with Crippen molar-refractivity contribution in [2.75, 3.05) is 6.54 Å². The molecule has 1 amide bonds. The van der Waals surface area contributed by atoms with Crippen molar-refractivity contribution < 1.29 is 14.3 Å². The lowest BCUT2D eigenvalue weighted by molar-refractivity contribution is 0.0520. The summed E-state index contributed by atoms with van der Waals surface area (Å²) in [6.45, 7) is 6.95. The number of nitrogens with zero attached hydrogens (tertiary/aromatic N) is 1. The molecule has 0 radical (unpaired) electrons. The summed E-state index contributed by atoms with van der Waals surface area (Å²) in [4.78, 5) is 27.2. The van der Waals surface area contributed by atoms with Gasteiger partial charge in [-0.05, 0) is 39.8 Å². The van der Waals surface area contributed by atoms with E-state index in [9.17, 15) is 9.59 Å². The molecule has 0 aliphatic carbocycles. The van der Waals surface area contributed by atoms with Crippen LogP contribution in [0.5, 0.6) is 0 Å². The predicted octanol–water partition coefficient (Wildman–Crippen LogP) is 2.10. The number of alkyl carbamates (subject to hydrolysis) is 1. The summed E-state index contributed by atoms with van der Waals surface area (Å²) in [5, 5.41) is 2.43. The summed E-state index contributed by atoms with van der Waals surface area (Å²) in [5.74, 6) is -0.188. The second kappa shape index (κ2) is 5.62. The molecular weight excluding hydrogens is 232 g/mol. The average Bonchev–Trinajstić information content (AvgIpc) is 2.24. The molecule has 1 aromatic rings. The Balaban J connectivity index is 2.52. The highest BCUT2D eigenvalue weighted by molar-refractivity contribution is 5.99. The molecule has 0 atom stereocenters. The van der Waals surface area contributed by atoms with Crippen LogP contribution in [0.2, 0.25) is 0 Å². The van der Waals surface area contributed by atoms with E-state index in [1.807, 2.05) is 0 Å². The van der Waals surface area contributed by atoms with E-state index in [4.69, 9.17) is 4.74 Å². The van der Waals surface area contributed by atoms with Gasteiger partial charge < -0.3 is 10.1 Å². The van der Waals surface area contributed by atoms with Crippen molar-refractivity contribution in [3.8, 4) is 0 Å². The second-order valence-electron chi connectivity index (χ2n) is 4.91. The molecule has 0 bridgehead atoms. The third-order valence-electron chi connectivity index (χ3n) is 2.10. The zero-order valence-corrected chi connectivity index (χ0v) is 11.1. The van der Waals surface area contributed by atoms with Crippen molar-refractivity contribution in [2.24, 2.45) is 0 Å². The molecule has 0 spiro atoms. The van der Waals surface area contributed by atoms with Crippen molar-refractivity contribution in [3.05, 3.63) is 29.6 Å². The van der Waals surface area contributed by atoms with Gasteiger partial charge in [0, 0.05) is 17.5 Å². The first-order valence-electron chi connectivity index (χ1n) is 5.71. The monoisotopic (exact) mass is 250 g/mol. The number of hydrogen-bond acceptors (Lipinski definition) is 4. The standard InChI is InChI=1S/C13H18N2O3/c1-9-10(6-5-7-14-9)11(16)8-15-12(17)18-13(2,3)4/h5-7H,8H2,1-4H3,(H,15,17). The molecule has 5 nitrogen and oxygen atoms in total. The topological polar surface area (TPSA) is 68.3 Å². The van der Waals surface area contributed by atoms with Crippen LogP contribution in [0.1, 0.15) is 36.8 Å². The first-order valence-corrected chi connectivity index (χ1v) is 5.71. The number of ether oxygens (including phenoxy) is 1. The largest absolute Gasteiger partial charge is 0.444 e. The van der Waals surface area contributed by atoms with E-state index < -0.39 is 11.7 Å². The number of amides is 1. The fraction of sp³-hybridized carbons (Fsp3) is 0.462. The molecule has 5 heteroatoms. The quantitative estimate of drug-likeness (QED) is 0.834. The predicted molar refractivity (Wildman–Crippen MR) is 67.5 cm³/mol. The van der Waals surface area contributed by atoms with E-state index in [2.05, 4.69) is 10.3 Å². The van der Waals surface area contributed by atoms with Crippen LogP contribution >= 0.6 is 0 Å². The summed E-state index contributed by atoms with van der Waals surface area (Å²) < 4.78 is 5.04. The van der Waals surface area contributed by atoms with Crippen LogP contribution in [0.15, 0.2) is 18.3 Å². The molecule has 1 aromatic heterocycles. The maximum Gasteiger partial charge on any atom is 0.408 e. The van der Waals surface area contributed by atoms with Gasteiger partial charge in [0.2, 0.25) is 0 Å². The van der Waals surface area contributed by atoms with Gasteiger partial charge in [0.25, 0.3) is 0 Å². The number of rotatable bonds is 3. The Hall–Kier alpha value is -1.91. The Morgan fingerprint density at radius 1 is 1.39 bits per heavy atom. The molecule has 98 valence electrons. The van der Waals surface area contributed by atoms with Crippen molar-refractivity contribution in [1.29, 1.82) is 0 Å². The molecule has 0 aromatic carbocycles. The third-order valence-corrected chi connectivity index (χ3v) is 2.10. The smallest absolute Gasteiger partial charge is 0.408 e. The lowest BCUT2D eigenvalue weighted by Crippen LogP contribution is -2.35. The van der Waals surface area contributed by atoms with Crippen LogP contribution in [-0.4, -0.2) is 29.0 Å². The summed E-state index contributed by atoms with van der Waals surface area (Å²) >= 11 is 0. The fourth-order valence-corrected chi connectivity index (χ4v) is 1.34. The Bertz CT molecular complexity index is 450. The first-order chi connectivity index (χ1) is 8.29. The van der Waals surface area contributed by atoms with Crippen molar-refractivity contribution in [3.63, 3.8) is 0 Å². The lowest BCUT2D eigenvalue weighted by atomic mass is 10.1. The van der Waals surface area contributed by atoms with Crippen LogP contribution in [0.3, 0.4) is 0 Å². The second-order valence-corrected chi connectivity index (χ2v) is 4.91. The summed E-state index contributed by atoms with van der Waals surface area (Å²) in [6.07, 6.45) is 1.02.